The number of benzene rings is 2. The molecule has 2 N–H and O–H groups in total. The quantitative estimate of drug-likeness (QED) is 0.395. The highest BCUT2D eigenvalue weighted by atomic mass is 35.5. The van der Waals surface area contributed by atoms with E-state index in [1.54, 1.807) is 6.20 Å². The second kappa shape index (κ2) is 8.20. The van der Waals surface area contributed by atoms with E-state index in [0.717, 1.165) is 33.1 Å². The summed E-state index contributed by atoms with van der Waals surface area (Å²) in [6, 6.07) is 20.9. The molecule has 0 unspecified atom stereocenters. The summed E-state index contributed by atoms with van der Waals surface area (Å²) >= 11 is 6.14. The van der Waals surface area contributed by atoms with Crippen molar-refractivity contribution in [3.05, 3.63) is 95.3 Å². The number of carbonyl (C=O) groups is 1. The fraction of sp³-hybridized carbons (Fsp3) is 0.0800. The zero-order valence-corrected chi connectivity index (χ0v) is 17.4. The van der Waals surface area contributed by atoms with Crippen molar-refractivity contribution < 1.29 is 4.79 Å². The Morgan fingerprint density at radius 2 is 1.84 bits per heavy atom. The van der Waals surface area contributed by atoms with Gasteiger partial charge in [-0.1, -0.05) is 35.9 Å². The Labute approximate surface area is 184 Å². The zero-order valence-electron chi connectivity index (χ0n) is 16.6. The number of aromatic nitrogens is 3. The molecule has 0 aliphatic heterocycles. The standard InChI is InChI=1S/C25H19ClN4O/c26-17-8-9-21-19(13-17)16(15-29-21)10-12-28-25(31)20-14-24(23-7-3-4-11-27-23)30-22-6-2-1-5-18(20)22/h1-9,11,13-15,29H,10,12H2,(H,28,31). The van der Waals surface area contributed by atoms with Gasteiger partial charge in [0.25, 0.3) is 5.91 Å². The van der Waals surface area contributed by atoms with Gasteiger partial charge in [-0.3, -0.25) is 9.78 Å². The molecule has 0 aliphatic carbocycles. The summed E-state index contributed by atoms with van der Waals surface area (Å²) < 4.78 is 0. The van der Waals surface area contributed by atoms with Crippen molar-refractivity contribution in [2.75, 3.05) is 6.54 Å². The molecule has 0 saturated heterocycles. The van der Waals surface area contributed by atoms with E-state index < -0.39 is 0 Å². The Hall–Kier alpha value is -3.70. The number of nitrogens with zero attached hydrogens (tertiary/aromatic N) is 2. The number of para-hydroxylation sites is 1. The van der Waals surface area contributed by atoms with Crippen molar-refractivity contribution in [3.63, 3.8) is 0 Å². The van der Waals surface area contributed by atoms with E-state index in [0.29, 0.717) is 29.2 Å². The first-order valence-corrected chi connectivity index (χ1v) is 10.4. The lowest BCUT2D eigenvalue weighted by Crippen LogP contribution is -2.26. The number of hydrogen-bond donors (Lipinski definition) is 2. The smallest absolute Gasteiger partial charge is 0.252 e. The Morgan fingerprint density at radius 1 is 0.968 bits per heavy atom. The highest BCUT2D eigenvalue weighted by molar-refractivity contribution is 6.31. The van der Waals surface area contributed by atoms with E-state index in [4.69, 9.17) is 16.6 Å². The van der Waals surface area contributed by atoms with Crippen LogP contribution in [0.15, 0.2) is 79.1 Å². The van der Waals surface area contributed by atoms with Crippen LogP contribution in [0.1, 0.15) is 15.9 Å². The van der Waals surface area contributed by atoms with Gasteiger partial charge < -0.3 is 10.3 Å². The normalized spacial score (nSPS) is 11.1. The number of nitrogens with one attached hydrogen (secondary N) is 2. The van der Waals surface area contributed by atoms with Gasteiger partial charge in [-0.15, -0.1) is 0 Å². The van der Waals surface area contributed by atoms with E-state index in [1.165, 1.54) is 0 Å². The van der Waals surface area contributed by atoms with Crippen molar-refractivity contribution in [2.24, 2.45) is 0 Å². The molecule has 5 nitrogen and oxygen atoms in total. The van der Waals surface area contributed by atoms with Crippen molar-refractivity contribution in [3.8, 4) is 11.4 Å². The molecule has 0 spiro atoms. The van der Waals surface area contributed by atoms with E-state index >= 15 is 0 Å². The summed E-state index contributed by atoms with van der Waals surface area (Å²) in [5.41, 5.74) is 4.92. The maximum atomic E-state index is 13.1. The summed E-state index contributed by atoms with van der Waals surface area (Å²) in [6.45, 7) is 0.508. The summed E-state index contributed by atoms with van der Waals surface area (Å²) in [6.07, 6.45) is 4.38. The SMILES string of the molecule is O=C(NCCc1c[nH]c2ccc(Cl)cc12)c1cc(-c2ccccn2)nc2ccccc12. The number of pyridine rings is 2. The van der Waals surface area contributed by atoms with Gasteiger partial charge in [-0.05, 0) is 54.4 Å². The van der Waals surface area contributed by atoms with Gasteiger partial charge in [0.2, 0.25) is 0 Å². The van der Waals surface area contributed by atoms with Crippen molar-refractivity contribution in [1.82, 2.24) is 20.3 Å². The second-order valence-corrected chi connectivity index (χ2v) is 7.73. The average Bonchev–Trinajstić information content (AvgIpc) is 3.20. The molecule has 5 rings (SSSR count). The first-order chi connectivity index (χ1) is 15.2. The first kappa shape index (κ1) is 19.3. The maximum Gasteiger partial charge on any atom is 0.252 e. The molecule has 0 bridgehead atoms. The number of aromatic amines is 1. The minimum atomic E-state index is -0.131. The summed E-state index contributed by atoms with van der Waals surface area (Å²) in [4.78, 5) is 25.4. The molecule has 0 aliphatic rings. The van der Waals surface area contributed by atoms with Crippen LogP contribution in [-0.4, -0.2) is 27.4 Å². The number of H-pyrrole nitrogens is 1. The predicted octanol–water partition coefficient (Wildman–Crippen LogP) is 5.40. The van der Waals surface area contributed by atoms with Crippen LogP contribution >= 0.6 is 11.6 Å². The minimum absolute atomic E-state index is 0.131. The molecule has 0 fully saturated rings. The van der Waals surface area contributed by atoms with Gasteiger partial charge >= 0.3 is 0 Å². The third-order valence-electron chi connectivity index (χ3n) is 5.30. The molecule has 31 heavy (non-hydrogen) atoms. The van der Waals surface area contributed by atoms with E-state index in [-0.39, 0.29) is 5.91 Å². The van der Waals surface area contributed by atoms with Crippen LogP contribution in [-0.2, 0) is 6.42 Å². The van der Waals surface area contributed by atoms with Crippen LogP contribution in [0.2, 0.25) is 5.02 Å². The van der Waals surface area contributed by atoms with Crippen LogP contribution in [0.5, 0.6) is 0 Å². The number of halogens is 1. The van der Waals surface area contributed by atoms with Crippen LogP contribution in [0, 0.1) is 0 Å². The topological polar surface area (TPSA) is 70.7 Å². The third-order valence-corrected chi connectivity index (χ3v) is 5.53. The number of carbonyl (C=O) groups excluding carboxylic acids is 1. The second-order valence-electron chi connectivity index (χ2n) is 7.30. The monoisotopic (exact) mass is 426 g/mol. The van der Waals surface area contributed by atoms with Gasteiger partial charge in [0, 0.05) is 40.3 Å². The molecular formula is C25H19ClN4O. The van der Waals surface area contributed by atoms with E-state index in [9.17, 15) is 4.79 Å². The summed E-state index contributed by atoms with van der Waals surface area (Å²) in [5.74, 6) is -0.131. The highest BCUT2D eigenvalue weighted by Crippen LogP contribution is 2.24. The molecular weight excluding hydrogens is 408 g/mol. The Morgan fingerprint density at radius 3 is 2.71 bits per heavy atom. The van der Waals surface area contributed by atoms with Crippen molar-refractivity contribution in [2.45, 2.75) is 6.42 Å². The van der Waals surface area contributed by atoms with Crippen molar-refractivity contribution >= 4 is 39.3 Å². The zero-order chi connectivity index (χ0) is 21.2. The van der Waals surface area contributed by atoms with E-state index in [2.05, 4.69) is 15.3 Å². The summed E-state index contributed by atoms with van der Waals surface area (Å²) in [5, 5.41) is 5.65. The fourth-order valence-corrected chi connectivity index (χ4v) is 3.94. The minimum Gasteiger partial charge on any atom is -0.361 e. The van der Waals surface area contributed by atoms with Gasteiger partial charge in [0.05, 0.1) is 22.5 Å². The molecule has 0 radical (unpaired) electrons. The molecule has 6 heteroatoms. The molecule has 3 aromatic heterocycles. The van der Waals surface area contributed by atoms with Crippen LogP contribution in [0.4, 0.5) is 0 Å². The van der Waals surface area contributed by atoms with Crippen LogP contribution in [0.3, 0.4) is 0 Å². The van der Waals surface area contributed by atoms with Crippen LogP contribution in [0.25, 0.3) is 33.2 Å². The average molecular weight is 427 g/mol. The Kier molecular flexibility index (Phi) is 5.10. The lowest BCUT2D eigenvalue weighted by Gasteiger charge is -2.10. The predicted molar refractivity (Wildman–Crippen MR) is 124 cm³/mol. The molecule has 0 saturated carbocycles. The fourth-order valence-electron chi connectivity index (χ4n) is 3.77. The highest BCUT2D eigenvalue weighted by Gasteiger charge is 2.14. The number of fused-ring (bicyclic) bond motifs is 2. The molecule has 1 amide bonds. The number of hydrogen-bond acceptors (Lipinski definition) is 3. The first-order valence-electron chi connectivity index (χ1n) is 10.0. The lowest BCUT2D eigenvalue weighted by atomic mass is 10.1. The van der Waals surface area contributed by atoms with Gasteiger partial charge in [-0.25, -0.2) is 4.98 Å². The van der Waals surface area contributed by atoms with E-state index in [1.807, 2.05) is 72.9 Å². The third kappa shape index (κ3) is 3.88. The van der Waals surface area contributed by atoms with Crippen LogP contribution < -0.4 is 5.32 Å². The largest absolute Gasteiger partial charge is 0.361 e. The van der Waals surface area contributed by atoms with Gasteiger partial charge in [0.15, 0.2) is 0 Å². The molecule has 0 atom stereocenters. The molecule has 5 aromatic rings. The van der Waals surface area contributed by atoms with Crippen molar-refractivity contribution in [1.29, 1.82) is 0 Å². The molecule has 152 valence electrons. The number of amides is 1. The molecule has 3 heterocycles. The Balaban J connectivity index is 1.40. The number of rotatable bonds is 5. The molecule has 2 aromatic carbocycles. The lowest BCUT2D eigenvalue weighted by molar-refractivity contribution is 0.0956. The van der Waals surface area contributed by atoms with Gasteiger partial charge in [-0.2, -0.15) is 0 Å². The summed E-state index contributed by atoms with van der Waals surface area (Å²) in [7, 11) is 0. The van der Waals surface area contributed by atoms with Gasteiger partial charge in [0.1, 0.15) is 0 Å². The maximum absolute atomic E-state index is 13.1. The Bertz CT molecular complexity index is 1400.